The molecule has 0 radical (unpaired) electrons. The second-order valence-electron chi connectivity index (χ2n) is 4.37. The van der Waals surface area contributed by atoms with Crippen molar-refractivity contribution >= 4 is 10.0 Å². The van der Waals surface area contributed by atoms with Gasteiger partial charge in [-0.15, -0.1) is 0 Å². The van der Waals surface area contributed by atoms with Gasteiger partial charge in [-0.05, 0) is 35.7 Å². The van der Waals surface area contributed by atoms with Gasteiger partial charge in [0.2, 0.25) is 10.0 Å². The van der Waals surface area contributed by atoms with E-state index in [2.05, 4.69) is 4.98 Å². The number of alkyl halides is 3. The summed E-state index contributed by atoms with van der Waals surface area (Å²) in [7, 11) is -4.46. The quantitative estimate of drug-likeness (QED) is 0.944. The van der Waals surface area contributed by atoms with E-state index < -0.39 is 26.7 Å². The molecule has 0 aliphatic rings. The molecule has 1 heterocycles. The minimum absolute atomic E-state index is 0.0687. The molecule has 2 rings (SSSR count). The fourth-order valence-corrected chi connectivity index (χ4v) is 2.80. The summed E-state index contributed by atoms with van der Waals surface area (Å²) in [5.74, 6) is 0. The van der Waals surface area contributed by atoms with Crippen LogP contribution in [0.4, 0.5) is 13.2 Å². The summed E-state index contributed by atoms with van der Waals surface area (Å²) in [4.78, 5) is 2.86. The van der Waals surface area contributed by atoms with Gasteiger partial charge in [-0.25, -0.2) is 13.6 Å². The SMILES string of the molecule is NS(=O)(=O)c1cccc(Cc2ccncc2)c1C(F)(F)F. The summed E-state index contributed by atoms with van der Waals surface area (Å²) < 4.78 is 62.4. The zero-order chi connectivity index (χ0) is 15.7. The van der Waals surface area contributed by atoms with Crippen LogP contribution in [0.3, 0.4) is 0 Å². The number of aromatic nitrogens is 1. The summed E-state index contributed by atoms with van der Waals surface area (Å²) in [5.41, 5.74) is -0.786. The van der Waals surface area contributed by atoms with Gasteiger partial charge in [-0.2, -0.15) is 13.2 Å². The van der Waals surface area contributed by atoms with Gasteiger partial charge in [-0.1, -0.05) is 12.1 Å². The van der Waals surface area contributed by atoms with Crippen LogP contribution >= 0.6 is 0 Å². The number of nitrogens with zero attached hydrogens (tertiary/aromatic N) is 1. The Bertz CT molecular complexity index is 744. The molecule has 2 aromatic rings. The van der Waals surface area contributed by atoms with Gasteiger partial charge in [-0.3, -0.25) is 4.98 Å². The van der Waals surface area contributed by atoms with Gasteiger partial charge in [0.25, 0.3) is 0 Å². The Morgan fingerprint density at radius 2 is 1.71 bits per heavy atom. The predicted octanol–water partition coefficient (Wildman–Crippen LogP) is 2.34. The first kappa shape index (κ1) is 15.5. The van der Waals surface area contributed by atoms with Gasteiger partial charge >= 0.3 is 6.18 Å². The molecule has 0 fully saturated rings. The van der Waals surface area contributed by atoms with Crippen molar-refractivity contribution in [3.05, 3.63) is 59.4 Å². The second-order valence-corrected chi connectivity index (χ2v) is 5.90. The molecule has 0 saturated heterocycles. The first-order valence-corrected chi connectivity index (χ1v) is 7.35. The molecular formula is C13H11F3N2O2S. The van der Waals surface area contributed by atoms with Gasteiger partial charge in [0.1, 0.15) is 0 Å². The van der Waals surface area contributed by atoms with Gasteiger partial charge in [0, 0.05) is 12.4 Å². The van der Waals surface area contributed by atoms with E-state index in [0.29, 0.717) is 5.56 Å². The van der Waals surface area contributed by atoms with E-state index in [0.717, 1.165) is 6.07 Å². The summed E-state index contributed by atoms with van der Waals surface area (Å²) in [6, 6.07) is 6.45. The monoisotopic (exact) mass is 316 g/mol. The van der Waals surface area contributed by atoms with Crippen molar-refractivity contribution in [2.24, 2.45) is 5.14 Å². The van der Waals surface area contributed by atoms with Crippen molar-refractivity contribution in [2.45, 2.75) is 17.5 Å². The summed E-state index contributed by atoms with van der Waals surface area (Å²) >= 11 is 0. The normalized spacial score (nSPS) is 12.4. The van der Waals surface area contributed by atoms with Crippen LogP contribution in [0.2, 0.25) is 0 Å². The minimum atomic E-state index is -4.81. The maximum atomic E-state index is 13.2. The highest BCUT2D eigenvalue weighted by atomic mass is 32.2. The summed E-state index contributed by atoms with van der Waals surface area (Å²) in [6.45, 7) is 0. The average molecular weight is 316 g/mol. The van der Waals surface area contributed by atoms with Crippen LogP contribution in [0, 0.1) is 0 Å². The highest BCUT2D eigenvalue weighted by Gasteiger charge is 2.38. The van der Waals surface area contributed by atoms with E-state index in [4.69, 9.17) is 5.14 Å². The van der Waals surface area contributed by atoms with Crippen LogP contribution in [0.1, 0.15) is 16.7 Å². The number of rotatable bonds is 3. The van der Waals surface area contributed by atoms with Crippen molar-refractivity contribution < 1.29 is 21.6 Å². The minimum Gasteiger partial charge on any atom is -0.265 e. The van der Waals surface area contributed by atoms with E-state index in [1.165, 1.54) is 24.5 Å². The predicted molar refractivity (Wildman–Crippen MR) is 69.9 cm³/mol. The van der Waals surface area contributed by atoms with Crippen molar-refractivity contribution in [2.75, 3.05) is 0 Å². The molecular weight excluding hydrogens is 305 g/mol. The van der Waals surface area contributed by atoms with Crippen molar-refractivity contribution in [3.8, 4) is 0 Å². The molecule has 0 bridgehead atoms. The lowest BCUT2D eigenvalue weighted by Crippen LogP contribution is -2.21. The van der Waals surface area contributed by atoms with Crippen LogP contribution < -0.4 is 5.14 Å². The molecule has 0 aliphatic carbocycles. The van der Waals surface area contributed by atoms with Gasteiger partial charge < -0.3 is 0 Å². The highest BCUT2D eigenvalue weighted by Crippen LogP contribution is 2.37. The number of hydrogen-bond acceptors (Lipinski definition) is 3. The van der Waals surface area contributed by atoms with Crippen molar-refractivity contribution in [1.82, 2.24) is 4.98 Å². The third-order valence-electron chi connectivity index (χ3n) is 2.85. The third kappa shape index (κ3) is 3.59. The van der Waals surface area contributed by atoms with E-state index in [9.17, 15) is 21.6 Å². The number of primary sulfonamides is 1. The zero-order valence-electron chi connectivity index (χ0n) is 10.6. The molecule has 0 atom stereocenters. The smallest absolute Gasteiger partial charge is 0.265 e. The molecule has 0 amide bonds. The molecule has 2 N–H and O–H groups in total. The van der Waals surface area contributed by atoms with Crippen LogP contribution in [0.5, 0.6) is 0 Å². The van der Waals surface area contributed by atoms with E-state index in [1.807, 2.05) is 0 Å². The standard InChI is InChI=1S/C13H11F3N2O2S/c14-13(15,16)12-10(8-9-4-6-18-7-5-9)2-1-3-11(12)21(17,19)20/h1-7H,8H2,(H2,17,19,20). The Hall–Kier alpha value is -1.93. The third-order valence-corrected chi connectivity index (χ3v) is 3.80. The number of benzene rings is 1. The molecule has 0 aliphatic heterocycles. The number of pyridine rings is 1. The molecule has 0 spiro atoms. The lowest BCUT2D eigenvalue weighted by Gasteiger charge is -2.16. The summed E-state index contributed by atoms with van der Waals surface area (Å²) in [6.07, 6.45) is -1.98. The first-order chi connectivity index (χ1) is 9.69. The maximum Gasteiger partial charge on any atom is 0.417 e. The van der Waals surface area contributed by atoms with Crippen LogP contribution in [0.25, 0.3) is 0 Å². The molecule has 8 heteroatoms. The molecule has 1 aromatic heterocycles. The van der Waals surface area contributed by atoms with Crippen molar-refractivity contribution in [3.63, 3.8) is 0 Å². The topological polar surface area (TPSA) is 73.1 Å². The molecule has 4 nitrogen and oxygen atoms in total. The molecule has 112 valence electrons. The first-order valence-electron chi connectivity index (χ1n) is 5.80. The molecule has 1 aromatic carbocycles. The van der Waals surface area contributed by atoms with E-state index in [1.54, 1.807) is 12.1 Å². The number of halogens is 3. The van der Waals surface area contributed by atoms with Crippen molar-refractivity contribution in [1.29, 1.82) is 0 Å². The van der Waals surface area contributed by atoms with E-state index in [-0.39, 0.29) is 12.0 Å². The number of sulfonamides is 1. The Kier molecular flexibility index (Phi) is 4.02. The largest absolute Gasteiger partial charge is 0.417 e. The number of nitrogens with two attached hydrogens (primary N) is 1. The molecule has 21 heavy (non-hydrogen) atoms. The highest BCUT2D eigenvalue weighted by molar-refractivity contribution is 7.89. The van der Waals surface area contributed by atoms with E-state index >= 15 is 0 Å². The maximum absolute atomic E-state index is 13.2. The lowest BCUT2D eigenvalue weighted by atomic mass is 10.00. The Morgan fingerprint density at radius 1 is 1.10 bits per heavy atom. The number of hydrogen-bond donors (Lipinski definition) is 1. The average Bonchev–Trinajstić information content (AvgIpc) is 2.37. The second kappa shape index (κ2) is 5.45. The zero-order valence-corrected chi connectivity index (χ0v) is 11.4. The molecule has 0 unspecified atom stereocenters. The Balaban J connectivity index is 2.62. The van der Waals surface area contributed by atoms with Crippen LogP contribution in [-0.4, -0.2) is 13.4 Å². The Morgan fingerprint density at radius 3 is 2.24 bits per heavy atom. The Labute approximate surface area is 119 Å². The van der Waals surface area contributed by atoms with Crippen LogP contribution in [-0.2, 0) is 22.6 Å². The fraction of sp³-hybridized carbons (Fsp3) is 0.154. The van der Waals surface area contributed by atoms with Gasteiger partial charge in [0.15, 0.2) is 0 Å². The fourth-order valence-electron chi connectivity index (χ4n) is 2.00. The summed E-state index contributed by atoms with van der Waals surface area (Å²) in [5, 5.41) is 4.88. The molecule has 0 saturated carbocycles. The van der Waals surface area contributed by atoms with Crippen LogP contribution in [0.15, 0.2) is 47.6 Å². The lowest BCUT2D eigenvalue weighted by molar-refractivity contribution is -0.140. The van der Waals surface area contributed by atoms with Gasteiger partial charge in [0.05, 0.1) is 10.5 Å².